The molecule has 112 valence electrons. The van der Waals surface area contributed by atoms with E-state index < -0.39 is 0 Å². The number of nitro groups is 1. The van der Waals surface area contributed by atoms with Crippen molar-refractivity contribution >= 4 is 21.6 Å². The van der Waals surface area contributed by atoms with Crippen molar-refractivity contribution < 1.29 is 9.66 Å². The van der Waals surface area contributed by atoms with Gasteiger partial charge in [0.15, 0.2) is 0 Å². The average Bonchev–Trinajstić information content (AvgIpc) is 2.36. The van der Waals surface area contributed by atoms with Gasteiger partial charge in [0, 0.05) is 36.3 Å². The van der Waals surface area contributed by atoms with Gasteiger partial charge >= 0.3 is 0 Å². The molecule has 1 rings (SSSR count). The number of non-ortho nitro benzene ring substituents is 1. The molecule has 0 saturated carbocycles. The highest BCUT2D eigenvalue weighted by atomic mass is 79.9. The van der Waals surface area contributed by atoms with Gasteiger partial charge < -0.3 is 10.1 Å². The van der Waals surface area contributed by atoms with Gasteiger partial charge in [0.2, 0.25) is 0 Å². The second-order valence-corrected chi connectivity index (χ2v) is 5.96. The number of halogens is 1. The Balaban J connectivity index is 2.27. The number of benzene rings is 1. The number of hydrogen-bond donors (Lipinski definition) is 1. The topological polar surface area (TPSA) is 64.4 Å². The molecule has 0 spiro atoms. The van der Waals surface area contributed by atoms with Crippen LogP contribution < -0.4 is 5.32 Å². The van der Waals surface area contributed by atoms with Gasteiger partial charge in [0.1, 0.15) is 0 Å². The van der Waals surface area contributed by atoms with Crippen molar-refractivity contribution in [1.82, 2.24) is 5.32 Å². The summed E-state index contributed by atoms with van der Waals surface area (Å²) in [5.74, 6) is 0.658. The first-order valence-electron chi connectivity index (χ1n) is 6.71. The van der Waals surface area contributed by atoms with E-state index in [9.17, 15) is 10.1 Å². The quantitative estimate of drug-likeness (QED) is 0.423. The smallest absolute Gasteiger partial charge is 0.270 e. The highest BCUT2D eigenvalue weighted by molar-refractivity contribution is 9.10. The summed E-state index contributed by atoms with van der Waals surface area (Å²) < 4.78 is 6.21. The highest BCUT2D eigenvalue weighted by Gasteiger charge is 2.08. The van der Waals surface area contributed by atoms with Crippen LogP contribution in [-0.2, 0) is 11.3 Å². The monoisotopic (exact) mass is 344 g/mol. The minimum atomic E-state index is -0.386. The second-order valence-electron chi connectivity index (χ2n) is 5.05. The van der Waals surface area contributed by atoms with Crippen molar-refractivity contribution in [1.29, 1.82) is 0 Å². The molecule has 0 unspecified atom stereocenters. The molecule has 0 atom stereocenters. The number of ether oxygens (including phenoxy) is 1. The largest absolute Gasteiger partial charge is 0.380 e. The Labute approximate surface area is 128 Å². The van der Waals surface area contributed by atoms with Crippen LogP contribution >= 0.6 is 15.9 Å². The Kier molecular flexibility index (Phi) is 7.72. The lowest BCUT2D eigenvalue weighted by molar-refractivity contribution is -0.385. The average molecular weight is 345 g/mol. The van der Waals surface area contributed by atoms with Crippen LogP contribution in [0.25, 0.3) is 0 Å². The Hall–Kier alpha value is -0.980. The molecule has 0 aliphatic rings. The van der Waals surface area contributed by atoms with E-state index in [0.29, 0.717) is 19.1 Å². The molecule has 0 amide bonds. The van der Waals surface area contributed by atoms with Crippen LogP contribution in [0.15, 0.2) is 22.7 Å². The first kappa shape index (κ1) is 17.1. The molecule has 0 radical (unpaired) electrons. The van der Waals surface area contributed by atoms with Crippen molar-refractivity contribution in [2.75, 3.05) is 19.8 Å². The molecular formula is C14H21BrN2O3. The first-order valence-corrected chi connectivity index (χ1v) is 7.50. The van der Waals surface area contributed by atoms with E-state index in [1.54, 1.807) is 6.07 Å². The molecule has 20 heavy (non-hydrogen) atoms. The first-order chi connectivity index (χ1) is 9.49. The molecule has 0 aliphatic heterocycles. The van der Waals surface area contributed by atoms with Gasteiger partial charge in [-0.15, -0.1) is 0 Å². The summed E-state index contributed by atoms with van der Waals surface area (Å²) in [6, 6.07) is 4.95. The van der Waals surface area contributed by atoms with Gasteiger partial charge in [-0.25, -0.2) is 0 Å². The van der Waals surface area contributed by atoms with E-state index in [0.717, 1.165) is 29.6 Å². The number of nitrogens with zero attached hydrogens (tertiary/aromatic N) is 1. The summed E-state index contributed by atoms with van der Waals surface area (Å²) in [5.41, 5.74) is 0.984. The second kappa shape index (κ2) is 9.05. The minimum Gasteiger partial charge on any atom is -0.380 e. The molecule has 5 nitrogen and oxygen atoms in total. The van der Waals surface area contributed by atoms with Crippen LogP contribution in [0.2, 0.25) is 0 Å². The molecule has 0 aliphatic carbocycles. The standard InChI is InChI=1S/C14H21BrN2O3/c1-11(2)3-5-20-6-4-16-10-12-7-13(15)9-14(8-12)17(18)19/h7-9,11,16H,3-6,10H2,1-2H3. The van der Waals surface area contributed by atoms with Gasteiger partial charge in [-0.05, 0) is 24.0 Å². The fourth-order valence-electron chi connectivity index (χ4n) is 1.64. The SMILES string of the molecule is CC(C)CCOCCNCc1cc(Br)cc([N+](=O)[O-])c1. The lowest BCUT2D eigenvalue weighted by atomic mass is 10.1. The Morgan fingerprint density at radius 1 is 1.35 bits per heavy atom. The number of nitrogens with one attached hydrogen (secondary N) is 1. The lowest BCUT2D eigenvalue weighted by Crippen LogP contribution is -2.19. The van der Waals surface area contributed by atoms with Crippen LogP contribution in [0.3, 0.4) is 0 Å². The van der Waals surface area contributed by atoms with Crippen molar-refractivity contribution in [3.05, 3.63) is 38.3 Å². The van der Waals surface area contributed by atoms with E-state index in [-0.39, 0.29) is 10.6 Å². The Bertz CT molecular complexity index is 438. The van der Waals surface area contributed by atoms with Crippen LogP contribution in [-0.4, -0.2) is 24.7 Å². The molecule has 0 bridgehead atoms. The van der Waals surface area contributed by atoms with E-state index in [1.807, 2.05) is 6.07 Å². The fraction of sp³-hybridized carbons (Fsp3) is 0.571. The summed E-state index contributed by atoms with van der Waals surface area (Å²) >= 11 is 3.28. The van der Waals surface area contributed by atoms with E-state index in [1.165, 1.54) is 6.07 Å². The highest BCUT2D eigenvalue weighted by Crippen LogP contribution is 2.21. The predicted molar refractivity (Wildman–Crippen MR) is 82.8 cm³/mol. The maximum atomic E-state index is 10.8. The molecule has 1 N–H and O–H groups in total. The van der Waals surface area contributed by atoms with Gasteiger partial charge in [-0.2, -0.15) is 0 Å². The van der Waals surface area contributed by atoms with Crippen LogP contribution in [0, 0.1) is 16.0 Å². The summed E-state index contributed by atoms with van der Waals surface area (Å²) in [6.07, 6.45) is 1.07. The van der Waals surface area contributed by atoms with E-state index >= 15 is 0 Å². The van der Waals surface area contributed by atoms with E-state index in [4.69, 9.17) is 4.74 Å². The third-order valence-corrected chi connectivity index (χ3v) is 3.20. The van der Waals surface area contributed by atoms with Crippen molar-refractivity contribution in [3.63, 3.8) is 0 Å². The summed E-state index contributed by atoms with van der Waals surface area (Å²) in [6.45, 7) is 7.10. The summed E-state index contributed by atoms with van der Waals surface area (Å²) in [5, 5.41) is 14.0. The van der Waals surface area contributed by atoms with Crippen molar-refractivity contribution in [3.8, 4) is 0 Å². The fourth-order valence-corrected chi connectivity index (χ4v) is 2.17. The van der Waals surface area contributed by atoms with Gasteiger partial charge in [0.05, 0.1) is 11.5 Å². The summed E-state index contributed by atoms with van der Waals surface area (Å²) in [7, 11) is 0. The maximum absolute atomic E-state index is 10.8. The normalized spacial score (nSPS) is 11.0. The zero-order valence-electron chi connectivity index (χ0n) is 11.9. The lowest BCUT2D eigenvalue weighted by Gasteiger charge is -2.08. The molecule has 0 aromatic heterocycles. The maximum Gasteiger partial charge on any atom is 0.270 e. The van der Waals surface area contributed by atoms with Gasteiger partial charge in [0.25, 0.3) is 5.69 Å². The molecule has 1 aromatic carbocycles. The third kappa shape index (κ3) is 6.98. The van der Waals surface area contributed by atoms with Crippen molar-refractivity contribution in [2.45, 2.75) is 26.8 Å². The minimum absolute atomic E-state index is 0.101. The zero-order chi connectivity index (χ0) is 15.0. The van der Waals surface area contributed by atoms with E-state index in [2.05, 4.69) is 35.1 Å². The van der Waals surface area contributed by atoms with Crippen LogP contribution in [0.5, 0.6) is 0 Å². The Morgan fingerprint density at radius 2 is 2.10 bits per heavy atom. The zero-order valence-corrected chi connectivity index (χ0v) is 13.5. The molecule has 1 aromatic rings. The Morgan fingerprint density at radius 3 is 2.75 bits per heavy atom. The predicted octanol–water partition coefficient (Wildman–Crippen LogP) is 3.51. The van der Waals surface area contributed by atoms with Crippen LogP contribution in [0.1, 0.15) is 25.8 Å². The molecular weight excluding hydrogens is 324 g/mol. The van der Waals surface area contributed by atoms with Gasteiger partial charge in [-0.3, -0.25) is 10.1 Å². The number of rotatable bonds is 9. The molecule has 0 fully saturated rings. The summed E-state index contributed by atoms with van der Waals surface area (Å²) in [4.78, 5) is 10.4. The third-order valence-electron chi connectivity index (χ3n) is 2.74. The molecule has 6 heteroatoms. The number of nitro benzene ring substituents is 1. The van der Waals surface area contributed by atoms with Gasteiger partial charge in [-0.1, -0.05) is 29.8 Å². The van der Waals surface area contributed by atoms with Crippen molar-refractivity contribution in [2.24, 2.45) is 5.92 Å². The number of hydrogen-bond acceptors (Lipinski definition) is 4. The molecule has 0 heterocycles. The molecule has 0 saturated heterocycles. The van der Waals surface area contributed by atoms with Crippen LogP contribution in [0.4, 0.5) is 5.69 Å².